The minimum absolute atomic E-state index is 0.323. The van der Waals surface area contributed by atoms with E-state index in [0.717, 1.165) is 31.6 Å². The van der Waals surface area contributed by atoms with Crippen LogP contribution in [0.2, 0.25) is 0 Å². The zero-order chi connectivity index (χ0) is 17.2. The highest BCUT2D eigenvalue weighted by Gasteiger charge is 2.22. The van der Waals surface area contributed by atoms with Crippen molar-refractivity contribution < 1.29 is 12.8 Å². The third-order valence-electron chi connectivity index (χ3n) is 4.22. The first-order valence-electron chi connectivity index (χ1n) is 8.10. The second-order valence-electron chi connectivity index (χ2n) is 6.10. The average Bonchev–Trinajstić information content (AvgIpc) is 2.58. The Hall–Kier alpha value is -2.08. The summed E-state index contributed by atoms with van der Waals surface area (Å²) in [4.78, 5) is 1.85. The first kappa shape index (κ1) is 16.8. The van der Waals surface area contributed by atoms with Gasteiger partial charge in [-0.05, 0) is 56.0 Å². The molecule has 6 heteroatoms. The van der Waals surface area contributed by atoms with E-state index in [4.69, 9.17) is 0 Å². The van der Waals surface area contributed by atoms with Gasteiger partial charge < -0.3 is 4.90 Å². The maximum atomic E-state index is 14.0. The maximum Gasteiger partial charge on any atom is 0.264 e. The Morgan fingerprint density at radius 3 is 2.50 bits per heavy atom. The molecule has 128 valence electrons. The minimum Gasteiger partial charge on any atom is -0.370 e. The van der Waals surface area contributed by atoms with Gasteiger partial charge in [0.1, 0.15) is 10.7 Å². The molecule has 1 fully saturated rings. The van der Waals surface area contributed by atoms with E-state index < -0.39 is 15.8 Å². The molecule has 0 spiro atoms. The summed E-state index contributed by atoms with van der Waals surface area (Å²) in [5, 5.41) is 0. The fourth-order valence-electron chi connectivity index (χ4n) is 2.99. The number of halogens is 1. The van der Waals surface area contributed by atoms with Crippen LogP contribution in [0, 0.1) is 12.7 Å². The Labute approximate surface area is 142 Å². The van der Waals surface area contributed by atoms with E-state index in [9.17, 15) is 12.8 Å². The summed E-state index contributed by atoms with van der Waals surface area (Å²) in [5.74, 6) is -0.747. The molecule has 2 aromatic rings. The zero-order valence-electron chi connectivity index (χ0n) is 13.6. The number of nitrogens with one attached hydrogen (secondary N) is 1. The molecule has 0 unspecified atom stereocenters. The lowest BCUT2D eigenvalue weighted by Crippen LogP contribution is -2.30. The van der Waals surface area contributed by atoms with Crippen LogP contribution in [-0.2, 0) is 10.0 Å². The van der Waals surface area contributed by atoms with Crippen molar-refractivity contribution in [3.8, 4) is 0 Å². The number of hydrogen-bond donors (Lipinski definition) is 1. The maximum absolute atomic E-state index is 14.0. The first-order chi connectivity index (χ1) is 11.5. The molecule has 1 aliphatic rings. The lowest BCUT2D eigenvalue weighted by Gasteiger charge is -2.30. The number of sulfonamides is 1. The number of aryl methyl sites for hydroxylation is 1. The van der Waals surface area contributed by atoms with Gasteiger partial charge in [-0.25, -0.2) is 12.8 Å². The number of anilines is 2. The number of nitrogens with zero attached hydrogens (tertiary/aromatic N) is 1. The van der Waals surface area contributed by atoms with Gasteiger partial charge in [0, 0.05) is 13.1 Å². The molecule has 0 radical (unpaired) electrons. The topological polar surface area (TPSA) is 49.4 Å². The largest absolute Gasteiger partial charge is 0.370 e. The van der Waals surface area contributed by atoms with Gasteiger partial charge in [0.15, 0.2) is 0 Å². The Morgan fingerprint density at radius 2 is 1.75 bits per heavy atom. The number of hydrogen-bond acceptors (Lipinski definition) is 3. The third-order valence-corrected chi connectivity index (χ3v) is 5.60. The van der Waals surface area contributed by atoms with Gasteiger partial charge in [-0.3, -0.25) is 4.72 Å². The van der Waals surface area contributed by atoms with Crippen LogP contribution in [0.5, 0.6) is 0 Å². The summed E-state index contributed by atoms with van der Waals surface area (Å²) >= 11 is 0. The molecule has 1 N–H and O–H groups in total. The number of piperidine rings is 1. The van der Waals surface area contributed by atoms with Gasteiger partial charge >= 0.3 is 0 Å². The molecule has 0 amide bonds. The van der Waals surface area contributed by atoms with Crippen molar-refractivity contribution in [3.63, 3.8) is 0 Å². The predicted molar refractivity (Wildman–Crippen MR) is 94.5 cm³/mol. The Kier molecular flexibility index (Phi) is 4.76. The standard InChI is InChI=1S/C18H21FN2O2S/c1-14-9-10-15(19)18(13-14)24(22,23)20-16-7-3-4-8-17(16)21-11-5-2-6-12-21/h3-4,7-10,13,20H,2,5-6,11-12H2,1H3. The van der Waals surface area contributed by atoms with Crippen molar-refractivity contribution in [2.75, 3.05) is 22.7 Å². The molecule has 1 saturated heterocycles. The van der Waals surface area contributed by atoms with Crippen LogP contribution in [-0.4, -0.2) is 21.5 Å². The smallest absolute Gasteiger partial charge is 0.264 e. The highest BCUT2D eigenvalue weighted by atomic mass is 32.2. The summed E-state index contributed by atoms with van der Waals surface area (Å²) in [5.41, 5.74) is 2.02. The SMILES string of the molecule is Cc1ccc(F)c(S(=O)(=O)Nc2ccccc2N2CCCCC2)c1. The van der Waals surface area contributed by atoms with E-state index in [0.29, 0.717) is 11.3 Å². The molecule has 1 heterocycles. The second kappa shape index (κ2) is 6.81. The number of benzene rings is 2. The molecule has 0 bridgehead atoms. The predicted octanol–water partition coefficient (Wildman–Crippen LogP) is 3.93. The fourth-order valence-corrected chi connectivity index (χ4v) is 4.22. The quantitative estimate of drug-likeness (QED) is 0.911. The van der Waals surface area contributed by atoms with Gasteiger partial charge in [-0.15, -0.1) is 0 Å². The van der Waals surface area contributed by atoms with E-state index >= 15 is 0 Å². The summed E-state index contributed by atoms with van der Waals surface area (Å²) in [6.07, 6.45) is 3.38. The highest BCUT2D eigenvalue weighted by Crippen LogP contribution is 2.30. The minimum atomic E-state index is -3.98. The van der Waals surface area contributed by atoms with Crippen molar-refractivity contribution in [1.82, 2.24) is 0 Å². The molecular formula is C18H21FN2O2S. The van der Waals surface area contributed by atoms with Crippen molar-refractivity contribution in [2.45, 2.75) is 31.1 Å². The zero-order valence-corrected chi connectivity index (χ0v) is 14.4. The lowest BCUT2D eigenvalue weighted by atomic mass is 10.1. The molecule has 0 aliphatic carbocycles. The van der Waals surface area contributed by atoms with E-state index in [-0.39, 0.29) is 4.90 Å². The molecule has 24 heavy (non-hydrogen) atoms. The lowest BCUT2D eigenvalue weighted by molar-refractivity contribution is 0.569. The van der Waals surface area contributed by atoms with Crippen LogP contribution in [0.4, 0.5) is 15.8 Å². The first-order valence-corrected chi connectivity index (χ1v) is 9.59. The van der Waals surface area contributed by atoms with Gasteiger partial charge in [0.25, 0.3) is 10.0 Å². The summed E-state index contributed by atoms with van der Waals surface area (Å²) in [6.45, 7) is 3.54. The molecule has 0 aromatic heterocycles. The molecule has 4 nitrogen and oxygen atoms in total. The molecular weight excluding hydrogens is 327 g/mol. The molecule has 2 aromatic carbocycles. The summed E-state index contributed by atoms with van der Waals surface area (Å²) < 4.78 is 41.8. The molecule has 3 rings (SSSR count). The van der Waals surface area contributed by atoms with Crippen LogP contribution < -0.4 is 9.62 Å². The van der Waals surface area contributed by atoms with Gasteiger partial charge in [-0.1, -0.05) is 18.2 Å². The van der Waals surface area contributed by atoms with Crippen LogP contribution in [0.15, 0.2) is 47.4 Å². The van der Waals surface area contributed by atoms with E-state index in [2.05, 4.69) is 9.62 Å². The molecule has 0 saturated carbocycles. The number of para-hydroxylation sites is 2. The van der Waals surface area contributed by atoms with Crippen LogP contribution in [0.3, 0.4) is 0 Å². The van der Waals surface area contributed by atoms with Crippen molar-refractivity contribution >= 4 is 21.4 Å². The Morgan fingerprint density at radius 1 is 1.04 bits per heavy atom. The highest BCUT2D eigenvalue weighted by molar-refractivity contribution is 7.92. The van der Waals surface area contributed by atoms with Crippen molar-refractivity contribution in [3.05, 3.63) is 53.8 Å². The Bertz CT molecular complexity index is 831. The second-order valence-corrected chi connectivity index (χ2v) is 7.76. The molecule has 0 atom stereocenters. The van der Waals surface area contributed by atoms with Crippen molar-refractivity contribution in [2.24, 2.45) is 0 Å². The van der Waals surface area contributed by atoms with Gasteiger partial charge in [0.2, 0.25) is 0 Å². The number of rotatable bonds is 4. The van der Waals surface area contributed by atoms with E-state index in [1.54, 1.807) is 25.1 Å². The molecule has 1 aliphatic heterocycles. The average molecular weight is 348 g/mol. The van der Waals surface area contributed by atoms with Crippen LogP contribution in [0.25, 0.3) is 0 Å². The van der Waals surface area contributed by atoms with Gasteiger partial charge in [-0.2, -0.15) is 0 Å². The summed E-state index contributed by atoms with van der Waals surface area (Å²) in [7, 11) is -3.98. The monoisotopic (exact) mass is 348 g/mol. The normalized spacial score (nSPS) is 15.3. The van der Waals surface area contributed by atoms with Gasteiger partial charge in [0.05, 0.1) is 11.4 Å². The third kappa shape index (κ3) is 3.53. The van der Waals surface area contributed by atoms with Crippen LogP contribution in [0.1, 0.15) is 24.8 Å². The fraction of sp³-hybridized carbons (Fsp3) is 0.333. The van der Waals surface area contributed by atoms with Crippen LogP contribution >= 0.6 is 0 Å². The summed E-state index contributed by atoms with van der Waals surface area (Å²) in [6, 6.07) is 11.4. The van der Waals surface area contributed by atoms with E-state index in [1.807, 2.05) is 12.1 Å². The van der Waals surface area contributed by atoms with Crippen molar-refractivity contribution in [1.29, 1.82) is 0 Å². The Balaban J connectivity index is 1.94. The van der Waals surface area contributed by atoms with E-state index in [1.165, 1.54) is 18.6 Å².